The maximum atomic E-state index is 10.2. The van der Waals surface area contributed by atoms with E-state index in [1.165, 1.54) is 25.8 Å². The molecule has 1 aliphatic heterocycles. The summed E-state index contributed by atoms with van der Waals surface area (Å²) in [5.41, 5.74) is 0.971. The van der Waals surface area contributed by atoms with E-state index in [1.807, 2.05) is 24.3 Å². The number of rotatable bonds is 5. The van der Waals surface area contributed by atoms with Gasteiger partial charge in [-0.25, -0.2) is 0 Å². The van der Waals surface area contributed by atoms with Gasteiger partial charge in [0.05, 0.1) is 6.10 Å². The van der Waals surface area contributed by atoms with E-state index in [-0.39, 0.29) is 0 Å². The van der Waals surface area contributed by atoms with Crippen LogP contribution >= 0.6 is 15.9 Å². The lowest BCUT2D eigenvalue weighted by molar-refractivity contribution is 0.169. The summed E-state index contributed by atoms with van der Waals surface area (Å²) in [6.07, 6.45) is 3.55. The van der Waals surface area contributed by atoms with Gasteiger partial charge < -0.3 is 10.4 Å². The molecule has 1 heterocycles. The molecule has 19 heavy (non-hydrogen) atoms. The van der Waals surface area contributed by atoms with Crippen LogP contribution in [0.5, 0.6) is 0 Å². The first kappa shape index (κ1) is 13.6. The topological polar surface area (TPSA) is 35.5 Å². The maximum absolute atomic E-state index is 10.2. The second kappa shape index (κ2) is 5.92. The number of aliphatic hydroxyl groups excluding tert-OH is 1. The summed E-state index contributed by atoms with van der Waals surface area (Å²) >= 11 is 3.44. The molecule has 2 unspecified atom stereocenters. The first-order valence-corrected chi connectivity index (χ1v) is 7.92. The van der Waals surface area contributed by atoms with E-state index in [9.17, 15) is 5.11 Å². The Morgan fingerprint density at radius 1 is 1.37 bits per heavy atom. The second-order valence-corrected chi connectivity index (χ2v) is 6.61. The lowest BCUT2D eigenvalue weighted by Crippen LogP contribution is -2.35. The predicted octanol–water partition coefficient (Wildman–Crippen LogP) is 2.31. The number of nitrogens with one attached hydrogen (secondary N) is 1. The zero-order valence-electron chi connectivity index (χ0n) is 11.1. The molecule has 0 aromatic heterocycles. The minimum atomic E-state index is -0.424. The molecule has 3 rings (SSSR count). The van der Waals surface area contributed by atoms with Crippen molar-refractivity contribution in [3.8, 4) is 0 Å². The molecule has 1 aliphatic carbocycles. The lowest BCUT2D eigenvalue weighted by atomic mass is 10.1. The number of hydrogen-bond acceptors (Lipinski definition) is 3. The van der Waals surface area contributed by atoms with Crippen LogP contribution in [0.15, 0.2) is 28.7 Å². The molecule has 0 radical (unpaired) electrons. The summed E-state index contributed by atoms with van der Waals surface area (Å²) < 4.78 is 1.02. The molecule has 2 N–H and O–H groups in total. The van der Waals surface area contributed by atoms with Crippen LogP contribution in [0.4, 0.5) is 0 Å². The molecule has 0 spiro atoms. The Bertz CT molecular complexity index is 436. The van der Waals surface area contributed by atoms with Crippen molar-refractivity contribution in [3.63, 3.8) is 0 Å². The van der Waals surface area contributed by atoms with E-state index in [2.05, 4.69) is 26.1 Å². The van der Waals surface area contributed by atoms with Gasteiger partial charge in [-0.3, -0.25) is 4.90 Å². The molecule has 2 aliphatic rings. The highest BCUT2D eigenvalue weighted by atomic mass is 79.9. The molecule has 1 aromatic carbocycles. The molecule has 3 nitrogen and oxygen atoms in total. The zero-order valence-corrected chi connectivity index (χ0v) is 12.6. The van der Waals surface area contributed by atoms with Crippen molar-refractivity contribution in [2.75, 3.05) is 19.6 Å². The Balaban J connectivity index is 1.46. The Hall–Kier alpha value is -0.420. The van der Waals surface area contributed by atoms with Gasteiger partial charge in [0.1, 0.15) is 0 Å². The fraction of sp³-hybridized carbons (Fsp3) is 0.600. The van der Waals surface area contributed by atoms with Gasteiger partial charge in [-0.15, -0.1) is 0 Å². The highest BCUT2D eigenvalue weighted by molar-refractivity contribution is 9.10. The molecule has 4 heteroatoms. The van der Waals surface area contributed by atoms with E-state index in [1.54, 1.807) is 0 Å². The Morgan fingerprint density at radius 3 is 2.95 bits per heavy atom. The first-order chi connectivity index (χ1) is 9.22. The van der Waals surface area contributed by atoms with Crippen LogP contribution in [0.3, 0.4) is 0 Å². The van der Waals surface area contributed by atoms with Crippen LogP contribution < -0.4 is 5.32 Å². The van der Waals surface area contributed by atoms with Gasteiger partial charge in [-0.2, -0.15) is 0 Å². The average Bonchev–Trinajstić information content (AvgIpc) is 3.15. The summed E-state index contributed by atoms with van der Waals surface area (Å²) in [6.45, 7) is 3.00. The summed E-state index contributed by atoms with van der Waals surface area (Å²) in [6, 6.07) is 9.31. The SMILES string of the molecule is OC(CNC1CCN(C2CC2)C1)c1cccc(Br)c1. The highest BCUT2D eigenvalue weighted by Gasteiger charge is 2.34. The van der Waals surface area contributed by atoms with Gasteiger partial charge in [0.2, 0.25) is 0 Å². The minimum Gasteiger partial charge on any atom is -0.387 e. The Labute approximate surface area is 123 Å². The summed E-state index contributed by atoms with van der Waals surface area (Å²) in [4.78, 5) is 2.59. The van der Waals surface area contributed by atoms with E-state index >= 15 is 0 Å². The number of aliphatic hydroxyl groups is 1. The number of nitrogens with zero attached hydrogens (tertiary/aromatic N) is 1. The van der Waals surface area contributed by atoms with Gasteiger partial charge in [0, 0.05) is 36.2 Å². The maximum Gasteiger partial charge on any atom is 0.0914 e. The van der Waals surface area contributed by atoms with E-state index in [0.29, 0.717) is 12.6 Å². The Morgan fingerprint density at radius 2 is 2.21 bits per heavy atom. The van der Waals surface area contributed by atoms with Crippen molar-refractivity contribution in [2.45, 2.75) is 37.5 Å². The molecular weight excluding hydrogens is 304 g/mol. The van der Waals surface area contributed by atoms with Gasteiger partial charge in [-0.05, 0) is 37.0 Å². The average molecular weight is 325 g/mol. The molecule has 2 fully saturated rings. The number of halogens is 1. The van der Waals surface area contributed by atoms with Crippen molar-refractivity contribution in [1.82, 2.24) is 10.2 Å². The van der Waals surface area contributed by atoms with Gasteiger partial charge >= 0.3 is 0 Å². The fourth-order valence-electron chi connectivity index (χ4n) is 2.84. The third-order valence-electron chi connectivity index (χ3n) is 4.12. The largest absolute Gasteiger partial charge is 0.387 e. The van der Waals surface area contributed by atoms with Crippen molar-refractivity contribution < 1.29 is 5.11 Å². The van der Waals surface area contributed by atoms with Crippen LogP contribution in [0.1, 0.15) is 30.9 Å². The minimum absolute atomic E-state index is 0.424. The van der Waals surface area contributed by atoms with Crippen LogP contribution in [0.25, 0.3) is 0 Å². The van der Waals surface area contributed by atoms with Gasteiger partial charge in [0.15, 0.2) is 0 Å². The van der Waals surface area contributed by atoms with Crippen molar-refractivity contribution in [1.29, 1.82) is 0 Å². The van der Waals surface area contributed by atoms with Crippen LogP contribution in [0, 0.1) is 0 Å². The zero-order chi connectivity index (χ0) is 13.2. The molecule has 1 saturated carbocycles. The quantitative estimate of drug-likeness (QED) is 0.872. The standard InChI is InChI=1S/C15H21BrN2O/c16-12-3-1-2-11(8-12)15(19)9-17-13-6-7-18(10-13)14-4-5-14/h1-3,8,13-15,17,19H,4-7,9-10H2. The lowest BCUT2D eigenvalue weighted by Gasteiger charge is -2.18. The summed E-state index contributed by atoms with van der Waals surface area (Å²) in [5.74, 6) is 0. The number of likely N-dealkylation sites (tertiary alicyclic amines) is 1. The first-order valence-electron chi connectivity index (χ1n) is 7.13. The number of benzene rings is 1. The molecular formula is C15H21BrN2O. The highest BCUT2D eigenvalue weighted by Crippen LogP contribution is 2.29. The summed E-state index contributed by atoms with van der Waals surface area (Å²) in [7, 11) is 0. The third kappa shape index (κ3) is 3.57. The summed E-state index contributed by atoms with van der Waals surface area (Å²) in [5, 5.41) is 13.7. The molecule has 1 aromatic rings. The smallest absolute Gasteiger partial charge is 0.0914 e. The Kier molecular flexibility index (Phi) is 4.22. The van der Waals surface area contributed by atoms with Crippen LogP contribution in [-0.4, -0.2) is 41.7 Å². The van der Waals surface area contributed by atoms with Crippen molar-refractivity contribution in [3.05, 3.63) is 34.3 Å². The van der Waals surface area contributed by atoms with Crippen molar-refractivity contribution >= 4 is 15.9 Å². The molecule has 104 valence electrons. The fourth-order valence-corrected chi connectivity index (χ4v) is 3.25. The van der Waals surface area contributed by atoms with E-state index in [0.717, 1.165) is 22.6 Å². The second-order valence-electron chi connectivity index (χ2n) is 5.69. The van der Waals surface area contributed by atoms with Gasteiger partial charge in [0.25, 0.3) is 0 Å². The monoisotopic (exact) mass is 324 g/mol. The van der Waals surface area contributed by atoms with Crippen LogP contribution in [0.2, 0.25) is 0 Å². The van der Waals surface area contributed by atoms with Crippen molar-refractivity contribution in [2.24, 2.45) is 0 Å². The number of hydrogen-bond donors (Lipinski definition) is 2. The van der Waals surface area contributed by atoms with E-state index < -0.39 is 6.10 Å². The normalized spacial score (nSPS) is 25.7. The molecule has 0 bridgehead atoms. The van der Waals surface area contributed by atoms with E-state index in [4.69, 9.17) is 0 Å². The molecule has 1 saturated heterocycles. The van der Waals surface area contributed by atoms with Gasteiger partial charge in [-0.1, -0.05) is 28.1 Å². The third-order valence-corrected chi connectivity index (χ3v) is 4.61. The molecule has 2 atom stereocenters. The van der Waals surface area contributed by atoms with Crippen LogP contribution in [-0.2, 0) is 0 Å². The molecule has 0 amide bonds. The predicted molar refractivity (Wildman–Crippen MR) is 80.1 cm³/mol.